The van der Waals surface area contributed by atoms with Crippen molar-refractivity contribution in [2.75, 3.05) is 14.2 Å². The Balaban J connectivity index is 2.45. The number of hydrogen-bond donors (Lipinski definition) is 1. The first-order chi connectivity index (χ1) is 11.5. The summed E-state index contributed by atoms with van der Waals surface area (Å²) in [6.45, 7) is 7.75. The second kappa shape index (κ2) is 7.06. The molecule has 0 aromatic heterocycles. The normalized spacial score (nSPS) is 19.6. The number of carbonyl (C=O) groups excluding carboxylic acids is 1. The lowest BCUT2D eigenvalue weighted by molar-refractivity contribution is -0.140. The van der Waals surface area contributed by atoms with Gasteiger partial charge in [0.25, 0.3) is 0 Å². The smallest absolute Gasteiger partial charge is 0.466 e. The molecule has 1 saturated heterocycles. The summed E-state index contributed by atoms with van der Waals surface area (Å²) in [6, 6.07) is 3.21. The maximum absolute atomic E-state index is 11.9. The molecule has 2 rings (SSSR count). The Morgan fingerprint density at radius 3 is 2.28 bits per heavy atom. The van der Waals surface area contributed by atoms with Crippen LogP contribution >= 0.6 is 11.6 Å². The van der Waals surface area contributed by atoms with E-state index in [0.717, 1.165) is 0 Å². The van der Waals surface area contributed by atoms with Crippen molar-refractivity contribution in [1.82, 2.24) is 0 Å². The Hall–Kier alpha value is -1.44. The highest BCUT2D eigenvalue weighted by Crippen LogP contribution is 2.44. The average molecular weight is 371 g/mol. The highest BCUT2D eigenvalue weighted by atomic mass is 35.5. The second-order valence-electron chi connectivity index (χ2n) is 7.07. The molecule has 1 aromatic carbocycles. The molecule has 1 heterocycles. The number of hydrogen-bond acceptors (Lipinski definition) is 6. The van der Waals surface area contributed by atoms with E-state index in [1.54, 1.807) is 12.1 Å². The van der Waals surface area contributed by atoms with E-state index in [1.165, 1.54) is 14.2 Å². The number of aromatic hydroxyl groups is 1. The van der Waals surface area contributed by atoms with Gasteiger partial charge in [-0.15, -0.1) is 0 Å². The van der Waals surface area contributed by atoms with Gasteiger partial charge in [0.2, 0.25) is 0 Å². The van der Waals surface area contributed by atoms with Crippen molar-refractivity contribution in [2.24, 2.45) is 0 Å². The van der Waals surface area contributed by atoms with Crippen LogP contribution in [0, 0.1) is 0 Å². The maximum Gasteiger partial charge on any atom is 0.466 e. The van der Waals surface area contributed by atoms with Crippen molar-refractivity contribution < 1.29 is 28.7 Å². The molecular formula is C17H24BClO6. The van der Waals surface area contributed by atoms with Crippen LogP contribution in [0.25, 0.3) is 0 Å². The molecule has 25 heavy (non-hydrogen) atoms. The van der Waals surface area contributed by atoms with Gasteiger partial charge in [-0.25, -0.2) is 0 Å². The molecule has 1 aliphatic rings. The van der Waals surface area contributed by atoms with Gasteiger partial charge in [-0.1, -0.05) is 11.6 Å². The summed E-state index contributed by atoms with van der Waals surface area (Å²) in [5.74, 6) is -0.809. The Morgan fingerprint density at radius 2 is 1.80 bits per heavy atom. The zero-order valence-electron chi connectivity index (χ0n) is 15.4. The second-order valence-corrected chi connectivity index (χ2v) is 7.47. The first-order valence-corrected chi connectivity index (χ1v) is 8.39. The third-order valence-electron chi connectivity index (χ3n) is 4.91. The van der Waals surface area contributed by atoms with Crippen molar-refractivity contribution in [3.8, 4) is 11.5 Å². The quantitative estimate of drug-likeness (QED) is 0.633. The van der Waals surface area contributed by atoms with E-state index in [4.69, 9.17) is 30.4 Å². The fraction of sp³-hybridized carbons (Fsp3) is 0.588. The van der Waals surface area contributed by atoms with Gasteiger partial charge in [-0.2, -0.15) is 0 Å². The summed E-state index contributed by atoms with van der Waals surface area (Å²) in [5.41, 5.74) is -0.434. The van der Waals surface area contributed by atoms with Crippen LogP contribution in [0.2, 0.25) is 5.02 Å². The number of ether oxygens (including phenoxy) is 2. The lowest BCUT2D eigenvalue weighted by Gasteiger charge is -2.32. The van der Waals surface area contributed by atoms with Crippen molar-refractivity contribution in [3.63, 3.8) is 0 Å². The van der Waals surface area contributed by atoms with E-state index in [-0.39, 0.29) is 22.9 Å². The predicted molar refractivity (Wildman–Crippen MR) is 95.1 cm³/mol. The van der Waals surface area contributed by atoms with Gasteiger partial charge in [0, 0.05) is 5.82 Å². The summed E-state index contributed by atoms with van der Waals surface area (Å²) < 4.78 is 22.2. The largest absolute Gasteiger partial charge is 0.503 e. The van der Waals surface area contributed by atoms with Crippen LogP contribution in [0.4, 0.5) is 0 Å². The lowest BCUT2D eigenvalue weighted by atomic mass is 9.66. The first-order valence-electron chi connectivity index (χ1n) is 8.01. The number of carbonyl (C=O) groups is 1. The molecule has 1 fully saturated rings. The minimum absolute atomic E-state index is 0.0393. The molecule has 0 saturated carbocycles. The molecule has 138 valence electrons. The zero-order valence-corrected chi connectivity index (χ0v) is 16.1. The Morgan fingerprint density at radius 1 is 1.24 bits per heavy atom. The third kappa shape index (κ3) is 3.88. The fourth-order valence-corrected chi connectivity index (χ4v) is 2.87. The average Bonchev–Trinajstić information content (AvgIpc) is 2.75. The molecule has 8 heteroatoms. The van der Waals surface area contributed by atoms with E-state index in [0.29, 0.717) is 5.56 Å². The SMILES string of the molecule is COC(=O)CC(B1OC(C)(C)C(C)(C)O1)c1cc(Cl)c(O)c(OC)c1. The summed E-state index contributed by atoms with van der Waals surface area (Å²) in [6.07, 6.45) is 0.0393. The molecule has 1 aliphatic heterocycles. The molecule has 1 aromatic rings. The van der Waals surface area contributed by atoms with Gasteiger partial charge in [-0.3, -0.25) is 4.79 Å². The Kier molecular flexibility index (Phi) is 5.61. The molecule has 1 N–H and O–H groups in total. The highest BCUT2D eigenvalue weighted by molar-refractivity contribution is 6.48. The third-order valence-corrected chi connectivity index (χ3v) is 5.20. The van der Waals surface area contributed by atoms with Gasteiger partial charge in [0.1, 0.15) is 0 Å². The number of benzene rings is 1. The van der Waals surface area contributed by atoms with Crippen molar-refractivity contribution in [1.29, 1.82) is 0 Å². The van der Waals surface area contributed by atoms with Crippen LogP contribution in [-0.4, -0.2) is 43.6 Å². The van der Waals surface area contributed by atoms with Gasteiger partial charge in [0.05, 0.1) is 36.9 Å². The summed E-state index contributed by atoms with van der Waals surface area (Å²) in [7, 11) is 2.09. The van der Waals surface area contributed by atoms with Gasteiger partial charge < -0.3 is 23.9 Å². The van der Waals surface area contributed by atoms with Gasteiger partial charge in [-0.05, 0) is 45.4 Å². The summed E-state index contributed by atoms with van der Waals surface area (Å²) in [4.78, 5) is 11.9. The summed E-state index contributed by atoms with van der Waals surface area (Å²) in [5, 5.41) is 10.1. The monoisotopic (exact) mass is 370 g/mol. The predicted octanol–water partition coefficient (Wildman–Crippen LogP) is 3.33. The number of phenolic OH excluding ortho intramolecular Hbond substituents is 1. The Labute approximate surface area is 153 Å². The van der Waals surface area contributed by atoms with Gasteiger partial charge in [0.15, 0.2) is 11.5 Å². The number of rotatable bonds is 5. The number of methoxy groups -OCH3 is 2. The molecule has 0 radical (unpaired) electrons. The molecule has 1 atom stereocenters. The maximum atomic E-state index is 11.9. The Bertz CT molecular complexity index is 645. The van der Waals surface area contributed by atoms with E-state index in [9.17, 15) is 9.90 Å². The zero-order chi connectivity index (χ0) is 19.0. The number of phenols is 1. The fourth-order valence-electron chi connectivity index (χ4n) is 2.65. The summed E-state index contributed by atoms with van der Waals surface area (Å²) >= 11 is 6.10. The van der Waals surface area contributed by atoms with Crippen LogP contribution in [0.15, 0.2) is 12.1 Å². The van der Waals surface area contributed by atoms with Gasteiger partial charge >= 0.3 is 13.1 Å². The first kappa shape index (κ1) is 19.9. The van der Waals surface area contributed by atoms with E-state index in [1.807, 2.05) is 27.7 Å². The van der Waals surface area contributed by atoms with Crippen molar-refractivity contribution in [2.45, 2.75) is 51.1 Å². The van der Waals surface area contributed by atoms with E-state index in [2.05, 4.69) is 0 Å². The standard InChI is InChI=1S/C17H24BClO6/c1-16(2)17(3,4)25-18(24-16)11(9-14(20)23-6)10-7-12(19)15(21)13(8-10)22-5/h7-8,11,21H,9H2,1-6H3. The minimum atomic E-state index is -0.672. The lowest BCUT2D eigenvalue weighted by Crippen LogP contribution is -2.41. The van der Waals surface area contributed by atoms with Crippen LogP contribution < -0.4 is 4.74 Å². The molecule has 1 unspecified atom stereocenters. The van der Waals surface area contributed by atoms with E-state index < -0.39 is 30.1 Å². The molecule has 6 nitrogen and oxygen atoms in total. The van der Waals surface area contributed by atoms with Crippen LogP contribution in [0.3, 0.4) is 0 Å². The molecule has 0 bridgehead atoms. The number of halogens is 1. The van der Waals surface area contributed by atoms with Crippen LogP contribution in [0.1, 0.15) is 45.5 Å². The molecule has 0 spiro atoms. The topological polar surface area (TPSA) is 74.2 Å². The van der Waals surface area contributed by atoms with Crippen molar-refractivity contribution >= 4 is 24.7 Å². The minimum Gasteiger partial charge on any atom is -0.503 e. The van der Waals surface area contributed by atoms with Crippen LogP contribution in [-0.2, 0) is 18.8 Å². The molecular weight excluding hydrogens is 346 g/mol. The highest BCUT2D eigenvalue weighted by Gasteiger charge is 2.54. The van der Waals surface area contributed by atoms with E-state index >= 15 is 0 Å². The number of esters is 1. The van der Waals surface area contributed by atoms with Crippen molar-refractivity contribution in [3.05, 3.63) is 22.7 Å². The van der Waals surface area contributed by atoms with Crippen LogP contribution in [0.5, 0.6) is 11.5 Å². The molecule has 0 amide bonds. The molecule has 0 aliphatic carbocycles.